The number of methoxy groups -OCH3 is 1. The molecule has 0 saturated carbocycles. The topological polar surface area (TPSA) is 105 Å². The molecule has 1 unspecified atom stereocenters. The molecule has 0 radical (unpaired) electrons. The molecule has 182 valence electrons. The van der Waals surface area contributed by atoms with Gasteiger partial charge in [-0.15, -0.1) is 0 Å². The van der Waals surface area contributed by atoms with Gasteiger partial charge in [-0.2, -0.15) is 0 Å². The summed E-state index contributed by atoms with van der Waals surface area (Å²) < 4.78 is 10.7. The number of hydrogen-bond donors (Lipinski definition) is 2. The Hall–Kier alpha value is -3.39. The van der Waals surface area contributed by atoms with Crippen LogP contribution < -0.4 is 5.32 Å². The molecule has 1 aliphatic carbocycles. The average molecular weight is 469 g/mol. The first-order valence-electron chi connectivity index (χ1n) is 11.6. The highest BCUT2D eigenvalue weighted by Gasteiger charge is 2.30. The molecule has 34 heavy (non-hydrogen) atoms. The first-order chi connectivity index (χ1) is 16.5. The van der Waals surface area contributed by atoms with Gasteiger partial charge >= 0.3 is 12.1 Å². The van der Waals surface area contributed by atoms with Crippen LogP contribution in [0.25, 0.3) is 11.1 Å². The SMILES string of the molecule is CCN(CCCC(=O)O)C(=O)C(CCOC)NC(=O)OCC1c2ccccc2-c2ccccc21. The maximum absolute atomic E-state index is 13.0. The van der Waals surface area contributed by atoms with E-state index in [0.29, 0.717) is 19.5 Å². The summed E-state index contributed by atoms with van der Waals surface area (Å²) in [6.45, 7) is 2.97. The van der Waals surface area contributed by atoms with Crippen molar-refractivity contribution < 1.29 is 29.0 Å². The van der Waals surface area contributed by atoms with Crippen LogP contribution in [0.15, 0.2) is 48.5 Å². The monoisotopic (exact) mass is 468 g/mol. The minimum Gasteiger partial charge on any atom is -0.481 e. The quantitative estimate of drug-likeness (QED) is 0.493. The predicted octanol–water partition coefficient (Wildman–Crippen LogP) is 3.64. The van der Waals surface area contributed by atoms with Crippen LogP contribution in [0.4, 0.5) is 4.79 Å². The van der Waals surface area contributed by atoms with E-state index in [1.165, 1.54) is 7.11 Å². The summed E-state index contributed by atoms with van der Waals surface area (Å²) in [5.74, 6) is -1.26. The summed E-state index contributed by atoms with van der Waals surface area (Å²) in [5.41, 5.74) is 4.50. The number of carboxylic acid groups (broad SMARTS) is 1. The Morgan fingerprint density at radius 3 is 2.24 bits per heavy atom. The first kappa shape index (κ1) is 25.2. The summed E-state index contributed by atoms with van der Waals surface area (Å²) in [6.07, 6.45) is -0.0593. The van der Waals surface area contributed by atoms with Crippen molar-refractivity contribution >= 4 is 18.0 Å². The molecule has 0 aromatic heterocycles. The van der Waals surface area contributed by atoms with Crippen molar-refractivity contribution in [2.45, 2.75) is 38.1 Å². The molecular formula is C26H32N2O6. The van der Waals surface area contributed by atoms with E-state index in [1.54, 1.807) is 4.90 Å². The van der Waals surface area contributed by atoms with Crippen LogP contribution in [0, 0.1) is 0 Å². The summed E-state index contributed by atoms with van der Waals surface area (Å²) in [5, 5.41) is 11.5. The van der Waals surface area contributed by atoms with Gasteiger partial charge in [-0.25, -0.2) is 4.79 Å². The number of amides is 2. The van der Waals surface area contributed by atoms with Crippen molar-refractivity contribution in [3.05, 3.63) is 59.7 Å². The molecule has 1 atom stereocenters. The number of rotatable bonds is 12. The zero-order chi connectivity index (χ0) is 24.5. The molecule has 8 heteroatoms. The molecule has 2 aromatic carbocycles. The number of carbonyl (C=O) groups is 3. The molecule has 0 fully saturated rings. The number of hydrogen-bond acceptors (Lipinski definition) is 5. The summed E-state index contributed by atoms with van der Waals surface area (Å²) in [7, 11) is 1.53. The number of nitrogens with zero attached hydrogens (tertiary/aromatic N) is 1. The van der Waals surface area contributed by atoms with Gasteiger partial charge in [-0.05, 0) is 35.6 Å². The van der Waals surface area contributed by atoms with Crippen molar-refractivity contribution in [1.29, 1.82) is 0 Å². The third-order valence-electron chi connectivity index (χ3n) is 6.06. The van der Waals surface area contributed by atoms with E-state index in [4.69, 9.17) is 14.6 Å². The van der Waals surface area contributed by atoms with E-state index in [2.05, 4.69) is 17.4 Å². The fourth-order valence-electron chi connectivity index (χ4n) is 4.34. The fourth-order valence-corrected chi connectivity index (χ4v) is 4.34. The normalized spacial score (nSPS) is 13.0. The van der Waals surface area contributed by atoms with Gasteiger partial charge < -0.3 is 24.8 Å². The highest BCUT2D eigenvalue weighted by molar-refractivity contribution is 5.86. The lowest BCUT2D eigenvalue weighted by atomic mass is 9.98. The van der Waals surface area contributed by atoms with Gasteiger partial charge in [0.25, 0.3) is 0 Å². The number of aliphatic carboxylic acids is 1. The Morgan fingerprint density at radius 1 is 1.06 bits per heavy atom. The smallest absolute Gasteiger partial charge is 0.407 e. The van der Waals surface area contributed by atoms with Gasteiger partial charge in [0.05, 0.1) is 0 Å². The largest absolute Gasteiger partial charge is 0.481 e. The minimum absolute atomic E-state index is 0.0215. The average Bonchev–Trinajstić information content (AvgIpc) is 3.16. The lowest BCUT2D eigenvalue weighted by Crippen LogP contribution is -2.49. The number of nitrogens with one attached hydrogen (secondary N) is 1. The summed E-state index contributed by atoms with van der Waals surface area (Å²) in [4.78, 5) is 38.1. The Balaban J connectivity index is 1.64. The van der Waals surface area contributed by atoms with Crippen molar-refractivity contribution in [1.82, 2.24) is 10.2 Å². The van der Waals surface area contributed by atoms with Crippen molar-refractivity contribution in [3.63, 3.8) is 0 Å². The molecule has 0 saturated heterocycles. The van der Waals surface area contributed by atoms with Crippen LogP contribution in [-0.4, -0.2) is 67.4 Å². The van der Waals surface area contributed by atoms with Crippen LogP contribution in [0.3, 0.4) is 0 Å². The Bertz CT molecular complexity index is 963. The second-order valence-electron chi connectivity index (χ2n) is 8.22. The number of carbonyl (C=O) groups excluding carboxylic acids is 2. The van der Waals surface area contributed by atoms with E-state index in [1.807, 2.05) is 43.3 Å². The third kappa shape index (κ3) is 6.14. The maximum Gasteiger partial charge on any atom is 0.407 e. The Labute approximate surface area is 199 Å². The van der Waals surface area contributed by atoms with Crippen LogP contribution in [0.5, 0.6) is 0 Å². The van der Waals surface area contributed by atoms with Gasteiger partial charge in [0.15, 0.2) is 0 Å². The van der Waals surface area contributed by atoms with E-state index in [-0.39, 0.29) is 37.9 Å². The molecule has 2 amide bonds. The highest BCUT2D eigenvalue weighted by atomic mass is 16.5. The number of ether oxygens (including phenoxy) is 2. The Kier molecular flexibility index (Phi) is 9.04. The summed E-state index contributed by atoms with van der Waals surface area (Å²) >= 11 is 0. The zero-order valence-electron chi connectivity index (χ0n) is 19.7. The van der Waals surface area contributed by atoms with E-state index in [0.717, 1.165) is 22.3 Å². The van der Waals surface area contributed by atoms with E-state index < -0.39 is 18.1 Å². The number of benzene rings is 2. The number of fused-ring (bicyclic) bond motifs is 3. The van der Waals surface area contributed by atoms with Crippen LogP contribution >= 0.6 is 0 Å². The second-order valence-corrected chi connectivity index (χ2v) is 8.22. The van der Waals surface area contributed by atoms with Gasteiger partial charge in [0.1, 0.15) is 12.6 Å². The van der Waals surface area contributed by atoms with Crippen LogP contribution in [0.1, 0.15) is 43.2 Å². The van der Waals surface area contributed by atoms with Crippen molar-refractivity contribution in [3.8, 4) is 11.1 Å². The van der Waals surface area contributed by atoms with Crippen LogP contribution in [0.2, 0.25) is 0 Å². The third-order valence-corrected chi connectivity index (χ3v) is 6.06. The molecule has 2 aromatic rings. The lowest BCUT2D eigenvalue weighted by Gasteiger charge is -2.27. The first-order valence-corrected chi connectivity index (χ1v) is 11.6. The zero-order valence-corrected chi connectivity index (χ0v) is 19.7. The molecule has 2 N–H and O–H groups in total. The van der Waals surface area contributed by atoms with Crippen LogP contribution in [-0.2, 0) is 19.1 Å². The van der Waals surface area contributed by atoms with Gasteiger partial charge in [-0.1, -0.05) is 48.5 Å². The van der Waals surface area contributed by atoms with Crippen molar-refractivity contribution in [2.24, 2.45) is 0 Å². The van der Waals surface area contributed by atoms with Gasteiger partial charge in [0.2, 0.25) is 5.91 Å². The van der Waals surface area contributed by atoms with E-state index >= 15 is 0 Å². The predicted molar refractivity (Wildman–Crippen MR) is 128 cm³/mol. The molecule has 0 bridgehead atoms. The molecule has 3 rings (SSSR count). The molecule has 0 aliphatic heterocycles. The fraction of sp³-hybridized carbons (Fsp3) is 0.423. The van der Waals surface area contributed by atoms with Crippen molar-refractivity contribution in [2.75, 3.05) is 33.4 Å². The molecular weight excluding hydrogens is 436 g/mol. The maximum atomic E-state index is 13.0. The summed E-state index contributed by atoms with van der Waals surface area (Å²) in [6, 6.07) is 15.3. The molecule has 0 spiro atoms. The van der Waals surface area contributed by atoms with E-state index in [9.17, 15) is 14.4 Å². The lowest BCUT2D eigenvalue weighted by molar-refractivity contribution is -0.138. The number of carboxylic acids is 1. The molecule has 8 nitrogen and oxygen atoms in total. The number of alkyl carbamates (subject to hydrolysis) is 1. The Morgan fingerprint density at radius 2 is 1.68 bits per heavy atom. The standard InChI is InChI=1S/C26H32N2O6/c1-3-28(15-8-13-24(29)30)25(31)23(14-16-33-2)27-26(32)34-17-22-20-11-6-4-9-18(20)19-10-5-7-12-21(19)22/h4-7,9-12,22-23H,3,8,13-17H2,1-2H3,(H,27,32)(H,29,30). The van der Waals surface area contributed by atoms with Gasteiger partial charge in [0, 0.05) is 45.6 Å². The second kappa shape index (κ2) is 12.2. The minimum atomic E-state index is -0.906. The molecule has 0 heterocycles. The van der Waals surface area contributed by atoms with Gasteiger partial charge in [-0.3, -0.25) is 9.59 Å². The molecule has 1 aliphatic rings. The highest BCUT2D eigenvalue weighted by Crippen LogP contribution is 2.44. The number of likely N-dealkylation sites (N-methyl/N-ethyl adjacent to an activating group) is 1.